The van der Waals surface area contributed by atoms with Gasteiger partial charge < -0.3 is 20.5 Å². The maximum atomic E-state index is 12.3. The fourth-order valence-corrected chi connectivity index (χ4v) is 2.17. The third kappa shape index (κ3) is 9.89. The Labute approximate surface area is 183 Å². The van der Waals surface area contributed by atoms with Gasteiger partial charge in [-0.2, -0.15) is 13.2 Å². The van der Waals surface area contributed by atoms with Gasteiger partial charge in [0.05, 0.1) is 6.04 Å². The van der Waals surface area contributed by atoms with Gasteiger partial charge in [-0.3, -0.25) is 4.79 Å². The summed E-state index contributed by atoms with van der Waals surface area (Å²) >= 11 is 0. The van der Waals surface area contributed by atoms with Crippen LogP contribution < -0.4 is 40.4 Å². The minimum absolute atomic E-state index is 0. The Morgan fingerprint density at radius 3 is 1.79 bits per heavy atom. The van der Waals surface area contributed by atoms with E-state index in [1.807, 2.05) is 60.7 Å². The Bertz CT molecular complexity index is 679. The number of nitrogens with zero attached hydrogens (tertiary/aromatic N) is 1. The summed E-state index contributed by atoms with van der Waals surface area (Å²) in [7, 11) is 1.79. The minimum Gasteiger partial charge on any atom is -0.542 e. The molecule has 2 aromatic carbocycles. The first kappa shape index (κ1) is 26.1. The molecule has 146 valence electrons. The fraction of sp³-hybridized carbons (Fsp3) is 0.263. The first-order chi connectivity index (χ1) is 12.6. The van der Waals surface area contributed by atoms with E-state index in [9.17, 15) is 18.0 Å². The van der Waals surface area contributed by atoms with Crippen molar-refractivity contribution in [1.29, 1.82) is 0 Å². The van der Waals surface area contributed by atoms with Crippen molar-refractivity contribution in [2.24, 2.45) is 5.73 Å². The normalized spacial score (nSPS) is 11.3. The SMILES string of the molecule is CN(Cc1ccccc1)C(=O)C(N)Cc1ccccc1.O=C([O-])C(F)(F)F.[Na+]. The van der Waals surface area contributed by atoms with Crippen LogP contribution in [0.2, 0.25) is 0 Å². The quantitative estimate of drug-likeness (QED) is 0.616. The number of carbonyl (C=O) groups is 2. The molecule has 0 aliphatic rings. The number of carboxylic acid groups (broad SMARTS) is 1. The van der Waals surface area contributed by atoms with Crippen LogP contribution in [0.4, 0.5) is 13.2 Å². The van der Waals surface area contributed by atoms with E-state index in [0.29, 0.717) is 13.0 Å². The van der Waals surface area contributed by atoms with Crippen molar-refractivity contribution in [3.63, 3.8) is 0 Å². The predicted octanol–water partition coefficient (Wildman–Crippen LogP) is -1.48. The molecule has 2 aromatic rings. The Morgan fingerprint density at radius 1 is 1.00 bits per heavy atom. The molecule has 0 saturated heterocycles. The van der Waals surface area contributed by atoms with E-state index in [1.54, 1.807) is 11.9 Å². The van der Waals surface area contributed by atoms with Crippen molar-refractivity contribution in [1.82, 2.24) is 4.90 Å². The zero-order valence-corrected chi connectivity index (χ0v) is 17.6. The van der Waals surface area contributed by atoms with Crippen molar-refractivity contribution in [3.05, 3.63) is 71.8 Å². The third-order valence-corrected chi connectivity index (χ3v) is 3.49. The predicted molar refractivity (Wildman–Crippen MR) is 92.1 cm³/mol. The number of alkyl halides is 3. The number of rotatable bonds is 5. The molecule has 1 unspecified atom stereocenters. The fourth-order valence-electron chi connectivity index (χ4n) is 2.17. The largest absolute Gasteiger partial charge is 1.00 e. The molecule has 0 aromatic heterocycles. The second-order valence-electron chi connectivity index (χ2n) is 5.76. The van der Waals surface area contributed by atoms with Crippen LogP contribution in [-0.2, 0) is 22.6 Å². The van der Waals surface area contributed by atoms with Gasteiger partial charge in [0.15, 0.2) is 0 Å². The average Bonchev–Trinajstić information content (AvgIpc) is 2.62. The zero-order chi connectivity index (χ0) is 20.4. The van der Waals surface area contributed by atoms with Crippen LogP contribution in [0.25, 0.3) is 0 Å². The summed E-state index contributed by atoms with van der Waals surface area (Å²) in [6.07, 6.45) is -4.63. The number of aliphatic carboxylic acids is 1. The molecule has 9 heteroatoms. The van der Waals surface area contributed by atoms with Crippen molar-refractivity contribution >= 4 is 11.9 Å². The molecule has 2 rings (SSSR count). The van der Waals surface area contributed by atoms with Crippen LogP contribution in [0.3, 0.4) is 0 Å². The first-order valence-electron chi connectivity index (χ1n) is 7.98. The van der Waals surface area contributed by atoms with Gasteiger partial charge in [0, 0.05) is 13.6 Å². The third-order valence-electron chi connectivity index (χ3n) is 3.49. The molecule has 0 aliphatic heterocycles. The summed E-state index contributed by atoms with van der Waals surface area (Å²) in [5, 5.41) is 8.78. The number of amides is 1. The van der Waals surface area contributed by atoms with E-state index in [2.05, 4.69) is 0 Å². The molecule has 0 radical (unpaired) electrons. The molecule has 0 bridgehead atoms. The van der Waals surface area contributed by atoms with Crippen LogP contribution >= 0.6 is 0 Å². The standard InChI is InChI=1S/C17H20N2O.C2HF3O2.Na/c1-19(13-15-10-6-3-7-11-15)17(20)16(18)12-14-8-4-2-5-9-14;3-2(4,5)1(6)7;/h2-11,16H,12-13,18H2,1H3;(H,6,7);/q;;+1/p-1. The molecule has 2 N–H and O–H groups in total. The van der Waals surface area contributed by atoms with E-state index in [0.717, 1.165) is 11.1 Å². The Morgan fingerprint density at radius 2 is 1.39 bits per heavy atom. The summed E-state index contributed by atoms with van der Waals surface area (Å²) in [6.45, 7) is 0.585. The van der Waals surface area contributed by atoms with E-state index in [1.165, 1.54) is 0 Å². The number of benzene rings is 2. The summed E-state index contributed by atoms with van der Waals surface area (Å²) in [5.74, 6) is -3.04. The van der Waals surface area contributed by atoms with Crippen LogP contribution in [0.5, 0.6) is 0 Å². The summed E-state index contributed by atoms with van der Waals surface area (Å²) in [6, 6.07) is 19.3. The van der Waals surface area contributed by atoms with Gasteiger partial charge in [0.25, 0.3) is 0 Å². The molecular weight excluding hydrogens is 384 g/mol. The Balaban J connectivity index is 0.000000786. The van der Waals surface area contributed by atoms with E-state index in [4.69, 9.17) is 15.6 Å². The van der Waals surface area contributed by atoms with Gasteiger partial charge in [-0.1, -0.05) is 60.7 Å². The number of carbonyl (C=O) groups excluding carboxylic acids is 2. The minimum atomic E-state index is -5.19. The van der Waals surface area contributed by atoms with E-state index >= 15 is 0 Å². The van der Waals surface area contributed by atoms with Crippen molar-refractivity contribution in [2.45, 2.75) is 25.2 Å². The van der Waals surface area contributed by atoms with Crippen molar-refractivity contribution in [2.75, 3.05) is 7.05 Å². The molecule has 1 atom stereocenters. The van der Waals surface area contributed by atoms with Crippen LogP contribution in [0.15, 0.2) is 60.7 Å². The molecule has 1 amide bonds. The molecule has 28 heavy (non-hydrogen) atoms. The summed E-state index contributed by atoms with van der Waals surface area (Å²) in [4.78, 5) is 22.7. The number of nitrogens with two attached hydrogens (primary N) is 1. The van der Waals surface area contributed by atoms with Crippen LogP contribution in [-0.4, -0.2) is 36.0 Å². The zero-order valence-electron chi connectivity index (χ0n) is 15.6. The molecular formula is C19H20F3N2NaO3. The van der Waals surface area contributed by atoms with Gasteiger partial charge in [-0.25, -0.2) is 0 Å². The molecule has 0 fully saturated rings. The van der Waals surface area contributed by atoms with Gasteiger partial charge in [-0.15, -0.1) is 0 Å². The number of hydrogen-bond acceptors (Lipinski definition) is 4. The number of hydrogen-bond donors (Lipinski definition) is 1. The monoisotopic (exact) mass is 404 g/mol. The Kier molecular flexibility index (Phi) is 11.7. The molecule has 0 aliphatic carbocycles. The topological polar surface area (TPSA) is 86.5 Å². The smallest absolute Gasteiger partial charge is 0.542 e. The van der Waals surface area contributed by atoms with Crippen LogP contribution in [0.1, 0.15) is 11.1 Å². The van der Waals surface area contributed by atoms with Gasteiger partial charge in [-0.05, 0) is 17.5 Å². The van der Waals surface area contributed by atoms with Gasteiger partial charge in [0.1, 0.15) is 5.97 Å². The Hall–Kier alpha value is -1.87. The second-order valence-corrected chi connectivity index (χ2v) is 5.76. The number of likely N-dealkylation sites (N-methyl/N-ethyl adjacent to an activating group) is 1. The van der Waals surface area contributed by atoms with Gasteiger partial charge in [0.2, 0.25) is 5.91 Å². The summed E-state index contributed by atoms with van der Waals surface area (Å²) in [5.41, 5.74) is 8.20. The molecule has 0 heterocycles. The molecule has 5 nitrogen and oxygen atoms in total. The average molecular weight is 404 g/mol. The van der Waals surface area contributed by atoms with Crippen LogP contribution in [0, 0.1) is 0 Å². The maximum Gasteiger partial charge on any atom is 1.00 e. The molecule has 0 spiro atoms. The van der Waals surface area contributed by atoms with Crippen molar-refractivity contribution < 1.29 is 57.4 Å². The van der Waals surface area contributed by atoms with Gasteiger partial charge >= 0.3 is 35.7 Å². The summed E-state index contributed by atoms with van der Waals surface area (Å²) < 4.78 is 31.5. The van der Waals surface area contributed by atoms with E-state index in [-0.39, 0.29) is 35.5 Å². The number of carboxylic acids is 1. The second kappa shape index (κ2) is 12.6. The van der Waals surface area contributed by atoms with E-state index < -0.39 is 18.2 Å². The maximum absolute atomic E-state index is 12.3. The first-order valence-corrected chi connectivity index (χ1v) is 7.98. The molecule has 0 saturated carbocycles. The van der Waals surface area contributed by atoms with Crippen molar-refractivity contribution in [3.8, 4) is 0 Å². The number of halogens is 3.